The Morgan fingerprint density at radius 3 is 1.54 bits per heavy atom. The maximum atomic E-state index is 5.43. The average Bonchev–Trinajstić information content (AvgIpc) is 3.44. The molecule has 0 amide bonds. The molecular weight excluding hydrogens is 851 g/mol. The van der Waals surface area contributed by atoms with Crippen LogP contribution in [-0.4, -0.2) is 24.9 Å². The van der Waals surface area contributed by atoms with Gasteiger partial charge < -0.3 is 0 Å². The van der Waals surface area contributed by atoms with Gasteiger partial charge in [-0.1, -0.05) is 188 Å². The molecule has 0 bridgehead atoms. The summed E-state index contributed by atoms with van der Waals surface area (Å²) in [6.07, 6.45) is 3.77. The number of hydrogen-bond donors (Lipinski definition) is 0. The minimum absolute atomic E-state index is 0.673. The van der Waals surface area contributed by atoms with E-state index in [0.29, 0.717) is 5.82 Å². The summed E-state index contributed by atoms with van der Waals surface area (Å²) in [5, 5.41) is 6.76. The van der Waals surface area contributed by atoms with E-state index in [1.165, 1.54) is 10.8 Å². The Morgan fingerprint density at radius 2 is 0.786 bits per heavy atom. The summed E-state index contributed by atoms with van der Waals surface area (Å²) in [6.45, 7) is 0. The van der Waals surface area contributed by atoms with Gasteiger partial charge in [0.1, 0.15) is 0 Å². The van der Waals surface area contributed by atoms with Crippen molar-refractivity contribution >= 4 is 43.4 Å². The molecule has 13 aromatic rings. The zero-order valence-corrected chi connectivity index (χ0v) is 37.9. The molecule has 0 radical (unpaired) electrons. The van der Waals surface area contributed by atoms with E-state index in [4.69, 9.17) is 19.9 Å². The van der Waals surface area contributed by atoms with Gasteiger partial charge in [0.2, 0.25) is 0 Å². The van der Waals surface area contributed by atoms with Gasteiger partial charge in [-0.15, -0.1) is 0 Å². The fourth-order valence-corrected chi connectivity index (χ4v) is 9.78. The summed E-state index contributed by atoms with van der Waals surface area (Å²) in [7, 11) is 0. The molecular formula is C65H41N5. The Balaban J connectivity index is 0.894. The lowest BCUT2D eigenvalue weighted by molar-refractivity contribution is 1.18. The van der Waals surface area contributed by atoms with Crippen LogP contribution in [0.3, 0.4) is 0 Å². The summed E-state index contributed by atoms with van der Waals surface area (Å²) in [5.74, 6) is 0.673. The van der Waals surface area contributed by atoms with Crippen LogP contribution in [0.4, 0.5) is 0 Å². The fraction of sp³-hybridized carbons (Fsp3) is 0. The normalized spacial score (nSPS) is 11.4. The SMILES string of the molecule is c1ccc(-c2nc(-c3cccc(-c4cccc(-c5ccc6ccc7c(-c8ccccc8)cc(-c8ccc9ccccc9c8)nc7c6n5)c4)c3)cc(-c3cccc(-c4cccc5cnccc45)c3)n2)cc1. The third-order valence-corrected chi connectivity index (χ3v) is 13.3. The van der Waals surface area contributed by atoms with E-state index < -0.39 is 0 Å². The molecule has 0 aliphatic heterocycles. The second-order valence-corrected chi connectivity index (χ2v) is 17.7. The van der Waals surface area contributed by atoms with E-state index in [2.05, 4.69) is 223 Å². The smallest absolute Gasteiger partial charge is 0.160 e. The number of hydrogen-bond acceptors (Lipinski definition) is 5. The molecule has 326 valence electrons. The van der Waals surface area contributed by atoms with Crippen molar-refractivity contribution in [2.24, 2.45) is 0 Å². The summed E-state index contributed by atoms with van der Waals surface area (Å²) >= 11 is 0. The molecule has 4 heterocycles. The number of aromatic nitrogens is 5. The second kappa shape index (κ2) is 17.3. The number of rotatable bonds is 8. The maximum Gasteiger partial charge on any atom is 0.160 e. The second-order valence-electron chi connectivity index (χ2n) is 17.7. The Labute approximate surface area is 405 Å². The van der Waals surface area contributed by atoms with Crippen molar-refractivity contribution in [2.45, 2.75) is 0 Å². The lowest BCUT2D eigenvalue weighted by atomic mass is 9.96. The van der Waals surface area contributed by atoms with Crippen LogP contribution in [0, 0.1) is 0 Å². The predicted octanol–water partition coefficient (Wildman–Crippen LogP) is 16.6. The minimum Gasteiger partial charge on any atom is -0.264 e. The Morgan fingerprint density at radius 1 is 0.243 bits per heavy atom. The van der Waals surface area contributed by atoms with Crippen LogP contribution in [0.25, 0.3) is 133 Å². The molecule has 0 saturated heterocycles. The maximum absolute atomic E-state index is 5.43. The van der Waals surface area contributed by atoms with Gasteiger partial charge >= 0.3 is 0 Å². The number of benzene rings is 9. The third kappa shape index (κ3) is 7.62. The van der Waals surface area contributed by atoms with Crippen LogP contribution in [-0.2, 0) is 0 Å². The van der Waals surface area contributed by atoms with Crippen molar-refractivity contribution in [3.8, 4) is 89.8 Å². The minimum atomic E-state index is 0.673. The average molecular weight is 892 g/mol. The molecule has 0 atom stereocenters. The van der Waals surface area contributed by atoms with Gasteiger partial charge in [-0.3, -0.25) is 4.98 Å². The topological polar surface area (TPSA) is 64.5 Å². The van der Waals surface area contributed by atoms with Crippen molar-refractivity contribution in [3.63, 3.8) is 0 Å². The highest BCUT2D eigenvalue weighted by Crippen LogP contribution is 2.38. The van der Waals surface area contributed by atoms with Crippen LogP contribution >= 0.6 is 0 Å². The van der Waals surface area contributed by atoms with Crippen molar-refractivity contribution in [3.05, 3.63) is 249 Å². The van der Waals surface area contributed by atoms with Gasteiger partial charge in [-0.05, 0) is 98.1 Å². The van der Waals surface area contributed by atoms with E-state index in [9.17, 15) is 0 Å². The number of fused-ring (bicyclic) bond motifs is 5. The molecule has 4 aromatic heterocycles. The zero-order valence-electron chi connectivity index (χ0n) is 37.9. The van der Waals surface area contributed by atoms with Gasteiger partial charge in [0.15, 0.2) is 5.82 Å². The highest BCUT2D eigenvalue weighted by Gasteiger charge is 2.17. The summed E-state index contributed by atoms with van der Waals surface area (Å²) in [4.78, 5) is 25.6. The van der Waals surface area contributed by atoms with Crippen LogP contribution < -0.4 is 0 Å². The van der Waals surface area contributed by atoms with E-state index in [-0.39, 0.29) is 0 Å². The lowest BCUT2D eigenvalue weighted by Crippen LogP contribution is -1.96. The zero-order chi connectivity index (χ0) is 46.4. The van der Waals surface area contributed by atoms with Crippen molar-refractivity contribution in [1.29, 1.82) is 0 Å². The lowest BCUT2D eigenvalue weighted by Gasteiger charge is -2.14. The summed E-state index contributed by atoms with van der Waals surface area (Å²) in [5.41, 5.74) is 17.0. The summed E-state index contributed by atoms with van der Waals surface area (Å²) in [6, 6.07) is 83.2. The Bertz CT molecular complexity index is 4120. The standard InChI is InChI=1S/C65H41N5/c1-3-14-43(15-4-1)58-39-60(53-28-27-42-13-7-8-18-46(42)35-53)68-64-57(58)31-29-44-30-32-59(67-63(44)64)50-22-9-19-47(36-50)48-20-10-23-51(37-48)61-40-62(70-65(69-61)45-16-5-2-6-17-45)52-24-11-21-49(38-52)55-26-12-25-54-41-66-34-33-56(54)55/h1-41H. The van der Waals surface area contributed by atoms with E-state index in [1.54, 1.807) is 0 Å². The fourth-order valence-electron chi connectivity index (χ4n) is 9.78. The monoisotopic (exact) mass is 891 g/mol. The quantitative estimate of drug-likeness (QED) is 0.142. The molecule has 13 rings (SSSR count). The first kappa shape index (κ1) is 40.8. The van der Waals surface area contributed by atoms with Crippen molar-refractivity contribution in [2.75, 3.05) is 0 Å². The summed E-state index contributed by atoms with van der Waals surface area (Å²) < 4.78 is 0. The highest BCUT2D eigenvalue weighted by molar-refractivity contribution is 6.10. The van der Waals surface area contributed by atoms with Crippen LogP contribution in [0.5, 0.6) is 0 Å². The van der Waals surface area contributed by atoms with Crippen LogP contribution in [0.2, 0.25) is 0 Å². The molecule has 0 spiro atoms. The molecule has 70 heavy (non-hydrogen) atoms. The molecule has 0 aliphatic rings. The first-order chi connectivity index (χ1) is 34.6. The number of nitrogens with zero attached hydrogens (tertiary/aromatic N) is 5. The highest BCUT2D eigenvalue weighted by atomic mass is 14.9. The number of pyridine rings is 3. The van der Waals surface area contributed by atoms with Crippen LogP contribution in [0.15, 0.2) is 249 Å². The molecule has 9 aromatic carbocycles. The van der Waals surface area contributed by atoms with Gasteiger partial charge in [0.05, 0.1) is 33.8 Å². The van der Waals surface area contributed by atoms with E-state index >= 15 is 0 Å². The van der Waals surface area contributed by atoms with Gasteiger partial charge in [0, 0.05) is 56.4 Å². The molecule has 0 N–H and O–H groups in total. The Hall–Kier alpha value is -9.45. The van der Waals surface area contributed by atoms with E-state index in [1.807, 2.05) is 30.6 Å². The van der Waals surface area contributed by atoms with Gasteiger partial charge in [0.25, 0.3) is 0 Å². The van der Waals surface area contributed by atoms with Crippen molar-refractivity contribution < 1.29 is 0 Å². The van der Waals surface area contributed by atoms with Gasteiger partial charge in [-0.2, -0.15) is 0 Å². The van der Waals surface area contributed by atoms with E-state index in [0.717, 1.165) is 117 Å². The molecule has 0 unspecified atom stereocenters. The third-order valence-electron chi connectivity index (χ3n) is 13.3. The first-order valence-electron chi connectivity index (χ1n) is 23.5. The van der Waals surface area contributed by atoms with Crippen LogP contribution in [0.1, 0.15) is 0 Å². The first-order valence-corrected chi connectivity index (χ1v) is 23.5. The van der Waals surface area contributed by atoms with Gasteiger partial charge in [-0.25, -0.2) is 19.9 Å². The Kier molecular flexibility index (Phi) is 10.1. The molecule has 5 heteroatoms. The molecule has 0 fully saturated rings. The predicted molar refractivity (Wildman–Crippen MR) is 289 cm³/mol. The molecule has 0 aliphatic carbocycles. The van der Waals surface area contributed by atoms with Crippen molar-refractivity contribution in [1.82, 2.24) is 24.9 Å². The molecule has 5 nitrogen and oxygen atoms in total. The molecule has 0 saturated carbocycles. The largest absolute Gasteiger partial charge is 0.264 e.